The SMILES string of the molecule is CCN1/C(=C/C(C)=C/c2sc3cc(C)c(C)cc3[n+]2CC)Sc2cc(C)c(C)cc21.[I-]. The average molecular weight is 563 g/mol. The van der Waals surface area contributed by atoms with Crippen LogP contribution in [0, 0.1) is 27.7 Å². The molecule has 0 unspecified atom stereocenters. The van der Waals surface area contributed by atoms with Crippen molar-refractivity contribution in [2.75, 3.05) is 11.4 Å². The van der Waals surface area contributed by atoms with E-state index in [1.807, 2.05) is 23.1 Å². The lowest BCUT2D eigenvalue weighted by molar-refractivity contribution is -0.665. The van der Waals surface area contributed by atoms with Gasteiger partial charge in [0.25, 0.3) is 5.01 Å². The van der Waals surface area contributed by atoms with Crippen LogP contribution in [-0.2, 0) is 6.54 Å². The molecule has 1 aliphatic rings. The van der Waals surface area contributed by atoms with Gasteiger partial charge in [0.05, 0.1) is 10.7 Å². The van der Waals surface area contributed by atoms with E-state index in [4.69, 9.17) is 0 Å². The summed E-state index contributed by atoms with van der Waals surface area (Å²) >= 11 is 3.78. The van der Waals surface area contributed by atoms with Gasteiger partial charge in [-0.25, -0.2) is 0 Å². The Balaban J connectivity index is 0.00000272. The summed E-state index contributed by atoms with van der Waals surface area (Å²) in [6.07, 6.45) is 4.69. The highest BCUT2D eigenvalue weighted by Gasteiger charge is 2.25. The third-order valence-corrected chi connectivity index (χ3v) is 8.22. The maximum atomic E-state index is 2.44. The van der Waals surface area contributed by atoms with E-state index in [0.29, 0.717) is 0 Å². The zero-order valence-electron chi connectivity index (χ0n) is 19.5. The molecule has 2 nitrogen and oxygen atoms in total. The fraction of sp³-hybridized carbons (Fsp3) is 0.346. The van der Waals surface area contributed by atoms with Gasteiger partial charge in [-0.05, 0) is 101 Å². The lowest BCUT2D eigenvalue weighted by Crippen LogP contribution is -3.00. The highest BCUT2D eigenvalue weighted by molar-refractivity contribution is 8.03. The minimum Gasteiger partial charge on any atom is -1.00 e. The molecule has 2 heterocycles. The summed E-state index contributed by atoms with van der Waals surface area (Å²) in [5.41, 5.74) is 9.44. The first kappa shape index (κ1) is 24.3. The van der Waals surface area contributed by atoms with Crippen LogP contribution in [0.3, 0.4) is 0 Å². The minimum absolute atomic E-state index is 0. The Bertz CT molecular complexity index is 1200. The number of hydrogen-bond donors (Lipinski definition) is 0. The highest BCUT2D eigenvalue weighted by atomic mass is 127. The summed E-state index contributed by atoms with van der Waals surface area (Å²) in [4.78, 5) is 3.81. The molecule has 0 atom stereocenters. The molecule has 0 bridgehead atoms. The molecule has 0 aliphatic carbocycles. The van der Waals surface area contributed by atoms with Crippen LogP contribution in [0.25, 0.3) is 16.3 Å². The molecule has 31 heavy (non-hydrogen) atoms. The molecular weight excluding hydrogens is 531 g/mol. The molecule has 0 N–H and O–H groups in total. The van der Waals surface area contributed by atoms with E-state index in [-0.39, 0.29) is 24.0 Å². The average Bonchev–Trinajstić information content (AvgIpc) is 3.18. The highest BCUT2D eigenvalue weighted by Crippen LogP contribution is 2.47. The van der Waals surface area contributed by atoms with E-state index in [1.165, 1.54) is 58.7 Å². The van der Waals surface area contributed by atoms with E-state index < -0.39 is 0 Å². The predicted octanol–water partition coefficient (Wildman–Crippen LogP) is 4.32. The van der Waals surface area contributed by atoms with Crippen molar-refractivity contribution in [3.05, 3.63) is 68.2 Å². The van der Waals surface area contributed by atoms with Crippen molar-refractivity contribution in [2.45, 2.75) is 59.9 Å². The number of thioether (sulfide) groups is 1. The van der Waals surface area contributed by atoms with Crippen molar-refractivity contribution in [3.63, 3.8) is 0 Å². The Morgan fingerprint density at radius 3 is 2.29 bits per heavy atom. The van der Waals surface area contributed by atoms with Crippen LogP contribution < -0.4 is 33.4 Å². The van der Waals surface area contributed by atoms with Gasteiger partial charge in [0, 0.05) is 23.6 Å². The molecular formula is C26H31IN2S2. The summed E-state index contributed by atoms with van der Waals surface area (Å²) in [5.74, 6) is 0. The predicted molar refractivity (Wildman–Crippen MR) is 134 cm³/mol. The Hall–Kier alpha value is -1.31. The summed E-state index contributed by atoms with van der Waals surface area (Å²) in [6.45, 7) is 17.5. The monoisotopic (exact) mass is 562 g/mol. The van der Waals surface area contributed by atoms with Crippen molar-refractivity contribution < 1.29 is 28.5 Å². The van der Waals surface area contributed by atoms with Gasteiger partial charge in [-0.3, -0.25) is 0 Å². The van der Waals surface area contributed by atoms with Gasteiger partial charge in [0.1, 0.15) is 11.2 Å². The second kappa shape index (κ2) is 9.67. The first-order valence-electron chi connectivity index (χ1n) is 10.7. The summed E-state index contributed by atoms with van der Waals surface area (Å²) in [6, 6.07) is 9.34. The molecule has 0 amide bonds. The van der Waals surface area contributed by atoms with Crippen molar-refractivity contribution >= 4 is 45.1 Å². The number of anilines is 1. The second-order valence-electron chi connectivity index (χ2n) is 8.21. The molecule has 3 aromatic rings. The molecule has 0 spiro atoms. The molecule has 1 aromatic heterocycles. The van der Waals surface area contributed by atoms with Crippen LogP contribution in [0.15, 0.2) is 45.8 Å². The molecule has 0 saturated carbocycles. The van der Waals surface area contributed by atoms with E-state index in [1.54, 1.807) is 0 Å². The quantitative estimate of drug-likeness (QED) is 0.346. The van der Waals surface area contributed by atoms with Gasteiger partial charge in [-0.1, -0.05) is 23.1 Å². The van der Waals surface area contributed by atoms with Crippen molar-refractivity contribution in [1.29, 1.82) is 0 Å². The van der Waals surface area contributed by atoms with Crippen LogP contribution in [-0.4, -0.2) is 6.54 Å². The van der Waals surface area contributed by atoms with Crippen LogP contribution in [0.4, 0.5) is 5.69 Å². The number of aromatic nitrogens is 1. The number of benzene rings is 2. The van der Waals surface area contributed by atoms with Gasteiger partial charge in [0.15, 0.2) is 0 Å². The molecule has 0 saturated heterocycles. The van der Waals surface area contributed by atoms with Crippen molar-refractivity contribution in [3.8, 4) is 0 Å². The fourth-order valence-electron chi connectivity index (χ4n) is 4.01. The van der Waals surface area contributed by atoms with E-state index in [2.05, 4.69) is 94.4 Å². The summed E-state index contributed by atoms with van der Waals surface area (Å²) in [7, 11) is 0. The molecule has 2 aromatic carbocycles. The second-order valence-corrected chi connectivity index (χ2v) is 10.3. The normalized spacial score (nSPS) is 15.0. The Kier molecular flexibility index (Phi) is 7.59. The fourth-order valence-corrected chi connectivity index (χ4v) is 6.64. The van der Waals surface area contributed by atoms with Gasteiger partial charge in [-0.2, -0.15) is 4.57 Å². The lowest BCUT2D eigenvalue weighted by Gasteiger charge is -2.18. The lowest BCUT2D eigenvalue weighted by atomic mass is 10.1. The molecule has 4 rings (SSSR count). The number of halogens is 1. The van der Waals surface area contributed by atoms with Crippen LogP contribution in [0.2, 0.25) is 0 Å². The Labute approximate surface area is 212 Å². The number of allylic oxidation sites excluding steroid dienone is 2. The molecule has 1 aliphatic heterocycles. The summed E-state index contributed by atoms with van der Waals surface area (Å²) in [5, 5.41) is 2.64. The van der Waals surface area contributed by atoms with Crippen LogP contribution >= 0.6 is 23.1 Å². The van der Waals surface area contributed by atoms with Gasteiger partial charge in [0.2, 0.25) is 5.52 Å². The number of thiazole rings is 1. The summed E-state index contributed by atoms with van der Waals surface area (Å²) < 4.78 is 3.81. The number of hydrogen-bond acceptors (Lipinski definition) is 3. The molecule has 164 valence electrons. The number of nitrogens with zero attached hydrogens (tertiary/aromatic N) is 2. The Morgan fingerprint density at radius 1 is 0.968 bits per heavy atom. The first-order chi connectivity index (χ1) is 14.3. The van der Waals surface area contributed by atoms with E-state index in [9.17, 15) is 0 Å². The van der Waals surface area contributed by atoms with Gasteiger partial charge < -0.3 is 28.9 Å². The Morgan fingerprint density at radius 2 is 1.61 bits per heavy atom. The third kappa shape index (κ3) is 4.60. The standard InChI is InChI=1S/C26H31N2S2.HI/c1-8-27-21-12-17(4)19(6)14-23(21)29-25(27)10-16(3)11-26-28(9-2)22-13-18(5)20(7)15-24(22)30-26;/h10-15H,8-9H2,1-7H3;1H/q+1;/p-1. The van der Waals surface area contributed by atoms with E-state index in [0.717, 1.165) is 13.1 Å². The van der Waals surface area contributed by atoms with Crippen molar-refractivity contribution in [1.82, 2.24) is 0 Å². The third-order valence-electron chi connectivity index (χ3n) is 6.03. The number of rotatable bonds is 4. The van der Waals surface area contributed by atoms with Gasteiger partial charge >= 0.3 is 0 Å². The van der Waals surface area contributed by atoms with Gasteiger partial charge in [-0.15, -0.1) is 0 Å². The smallest absolute Gasteiger partial charge is 0.262 e. The van der Waals surface area contributed by atoms with Crippen LogP contribution in [0.1, 0.15) is 48.0 Å². The van der Waals surface area contributed by atoms with Crippen LogP contribution in [0.5, 0.6) is 0 Å². The maximum Gasteiger partial charge on any atom is 0.262 e. The number of fused-ring (bicyclic) bond motifs is 2. The molecule has 5 heteroatoms. The molecule has 0 radical (unpaired) electrons. The minimum atomic E-state index is 0. The van der Waals surface area contributed by atoms with E-state index >= 15 is 0 Å². The zero-order chi connectivity index (χ0) is 21.6. The number of aryl methyl sites for hydroxylation is 5. The largest absolute Gasteiger partial charge is 1.00 e. The van der Waals surface area contributed by atoms with Crippen molar-refractivity contribution in [2.24, 2.45) is 0 Å². The zero-order valence-corrected chi connectivity index (χ0v) is 23.3. The first-order valence-corrected chi connectivity index (χ1v) is 12.4. The topological polar surface area (TPSA) is 7.12 Å². The maximum absolute atomic E-state index is 2.44. The molecule has 0 fully saturated rings.